The molecule has 0 aliphatic carbocycles. The Bertz CT molecular complexity index is 691. The fourth-order valence-electron chi connectivity index (χ4n) is 2.02. The van der Waals surface area contributed by atoms with Gasteiger partial charge in [-0.15, -0.1) is 11.3 Å². The summed E-state index contributed by atoms with van der Waals surface area (Å²) in [4.78, 5) is 2.48. The second-order valence-corrected chi connectivity index (χ2v) is 5.66. The first-order valence-electron chi connectivity index (χ1n) is 6.45. The van der Waals surface area contributed by atoms with Crippen molar-refractivity contribution in [2.24, 2.45) is 0 Å². The number of thiophene rings is 1. The number of halogens is 1. The van der Waals surface area contributed by atoms with Gasteiger partial charge in [-0.2, -0.15) is 0 Å². The van der Waals surface area contributed by atoms with E-state index in [9.17, 15) is 4.39 Å². The van der Waals surface area contributed by atoms with Gasteiger partial charge in [-0.3, -0.25) is 0 Å². The van der Waals surface area contributed by atoms with Crippen molar-refractivity contribution in [3.05, 3.63) is 77.4 Å². The van der Waals surface area contributed by atoms with E-state index in [1.807, 2.05) is 24.3 Å². The van der Waals surface area contributed by atoms with Crippen molar-refractivity contribution in [2.75, 3.05) is 5.32 Å². The first kappa shape index (κ1) is 12.9. The zero-order valence-electron chi connectivity index (χ0n) is 10.8. The van der Waals surface area contributed by atoms with Crippen molar-refractivity contribution in [1.82, 2.24) is 0 Å². The first-order valence-corrected chi connectivity index (χ1v) is 7.26. The van der Waals surface area contributed by atoms with Crippen LogP contribution in [-0.4, -0.2) is 0 Å². The highest BCUT2D eigenvalue weighted by Crippen LogP contribution is 2.28. The van der Waals surface area contributed by atoms with Crippen LogP contribution in [0.2, 0.25) is 0 Å². The van der Waals surface area contributed by atoms with Crippen LogP contribution in [0.1, 0.15) is 4.88 Å². The molecule has 0 radical (unpaired) electrons. The summed E-state index contributed by atoms with van der Waals surface area (Å²) in [5, 5.41) is 3.24. The van der Waals surface area contributed by atoms with Crippen molar-refractivity contribution >= 4 is 17.0 Å². The molecule has 1 aromatic heterocycles. The summed E-state index contributed by atoms with van der Waals surface area (Å²) >= 11 is 1.75. The van der Waals surface area contributed by atoms with Crippen LogP contribution in [-0.2, 0) is 6.54 Å². The fraction of sp³-hybridized carbons (Fsp3) is 0.0588. The lowest BCUT2D eigenvalue weighted by molar-refractivity contribution is 0.628. The van der Waals surface area contributed by atoms with E-state index in [0.29, 0.717) is 6.54 Å². The van der Waals surface area contributed by atoms with Crippen LogP contribution in [0.5, 0.6) is 0 Å². The van der Waals surface area contributed by atoms with Crippen LogP contribution in [0.25, 0.3) is 10.4 Å². The number of hydrogen-bond donors (Lipinski definition) is 1. The monoisotopic (exact) mass is 283 g/mol. The predicted molar refractivity (Wildman–Crippen MR) is 83.5 cm³/mol. The topological polar surface area (TPSA) is 12.0 Å². The molecule has 0 unspecified atom stereocenters. The Kier molecular flexibility index (Phi) is 3.79. The van der Waals surface area contributed by atoms with Gasteiger partial charge in [0.1, 0.15) is 5.82 Å². The van der Waals surface area contributed by atoms with Gasteiger partial charge in [-0.25, -0.2) is 4.39 Å². The molecule has 100 valence electrons. The summed E-state index contributed by atoms with van der Waals surface area (Å²) in [6, 6.07) is 21.1. The molecule has 1 N–H and O–H groups in total. The molecule has 3 aromatic rings. The van der Waals surface area contributed by atoms with E-state index in [1.54, 1.807) is 17.4 Å². The minimum absolute atomic E-state index is 0.217. The van der Waals surface area contributed by atoms with Crippen molar-refractivity contribution in [3.63, 3.8) is 0 Å². The summed E-state index contributed by atoms with van der Waals surface area (Å²) in [7, 11) is 0. The van der Waals surface area contributed by atoms with Gasteiger partial charge in [-0.05, 0) is 35.9 Å². The zero-order chi connectivity index (χ0) is 13.8. The molecule has 0 spiro atoms. The molecule has 0 aliphatic rings. The van der Waals surface area contributed by atoms with Gasteiger partial charge in [0.15, 0.2) is 0 Å². The van der Waals surface area contributed by atoms with Crippen LogP contribution < -0.4 is 5.32 Å². The second kappa shape index (κ2) is 5.88. The lowest BCUT2D eigenvalue weighted by atomic mass is 10.2. The van der Waals surface area contributed by atoms with Gasteiger partial charge in [-0.1, -0.05) is 36.4 Å². The molecule has 1 nitrogen and oxygen atoms in total. The molecular formula is C17H14FNS. The fourth-order valence-corrected chi connectivity index (χ4v) is 2.97. The summed E-state index contributed by atoms with van der Waals surface area (Å²) in [5.41, 5.74) is 2.04. The third-order valence-electron chi connectivity index (χ3n) is 3.01. The van der Waals surface area contributed by atoms with Crippen molar-refractivity contribution in [1.29, 1.82) is 0 Å². The van der Waals surface area contributed by atoms with E-state index in [2.05, 4.69) is 29.6 Å². The highest BCUT2D eigenvalue weighted by Gasteiger charge is 2.02. The third kappa shape index (κ3) is 3.06. The average Bonchev–Trinajstić information content (AvgIpc) is 2.95. The molecule has 0 atom stereocenters. The number of hydrogen-bond acceptors (Lipinski definition) is 2. The highest BCUT2D eigenvalue weighted by atomic mass is 32.1. The number of anilines is 1. The molecule has 3 rings (SSSR count). The molecule has 0 bridgehead atoms. The molecule has 2 aromatic carbocycles. The van der Waals surface area contributed by atoms with E-state index >= 15 is 0 Å². The molecule has 20 heavy (non-hydrogen) atoms. The Morgan fingerprint density at radius 1 is 0.900 bits per heavy atom. The molecular weight excluding hydrogens is 269 g/mol. The molecule has 0 fully saturated rings. The van der Waals surface area contributed by atoms with Crippen molar-refractivity contribution < 1.29 is 4.39 Å². The number of nitrogens with one attached hydrogen (secondary N) is 1. The molecule has 0 amide bonds. The third-order valence-corrected chi connectivity index (χ3v) is 4.15. The molecule has 3 heteroatoms. The van der Waals surface area contributed by atoms with Gasteiger partial charge >= 0.3 is 0 Å². The quantitative estimate of drug-likeness (QED) is 0.697. The van der Waals surface area contributed by atoms with Crippen LogP contribution in [0.4, 0.5) is 10.1 Å². The predicted octanol–water partition coefficient (Wildman–Crippen LogP) is 5.17. The Labute approximate surface area is 121 Å². The summed E-state index contributed by atoms with van der Waals surface area (Å²) in [6.45, 7) is 0.709. The smallest absolute Gasteiger partial charge is 0.125 e. The normalized spacial score (nSPS) is 10.4. The minimum atomic E-state index is -0.217. The lowest BCUT2D eigenvalue weighted by Crippen LogP contribution is -1.97. The molecule has 0 saturated carbocycles. The second-order valence-electron chi connectivity index (χ2n) is 4.50. The van der Waals surface area contributed by atoms with E-state index in [1.165, 1.54) is 27.5 Å². The SMILES string of the molecule is Fc1cccc(NCc2ccc(-c3ccccc3)s2)c1. The Morgan fingerprint density at radius 2 is 1.75 bits per heavy atom. The highest BCUT2D eigenvalue weighted by molar-refractivity contribution is 7.15. The van der Waals surface area contributed by atoms with Crippen LogP contribution in [0, 0.1) is 5.82 Å². The summed E-state index contributed by atoms with van der Waals surface area (Å²) in [6.07, 6.45) is 0. The van der Waals surface area contributed by atoms with E-state index in [-0.39, 0.29) is 5.82 Å². The van der Waals surface area contributed by atoms with Crippen molar-refractivity contribution in [2.45, 2.75) is 6.54 Å². The maximum Gasteiger partial charge on any atom is 0.125 e. The minimum Gasteiger partial charge on any atom is -0.380 e. The van der Waals surface area contributed by atoms with E-state index in [4.69, 9.17) is 0 Å². The zero-order valence-corrected chi connectivity index (χ0v) is 11.7. The van der Waals surface area contributed by atoms with Crippen LogP contribution >= 0.6 is 11.3 Å². The van der Waals surface area contributed by atoms with Crippen molar-refractivity contribution in [3.8, 4) is 10.4 Å². The standard InChI is InChI=1S/C17H14FNS/c18-14-7-4-8-15(11-14)19-12-16-9-10-17(20-16)13-5-2-1-3-6-13/h1-11,19H,12H2. The Hall–Kier alpha value is -2.13. The van der Waals surface area contributed by atoms with Gasteiger partial charge in [0.05, 0.1) is 0 Å². The van der Waals surface area contributed by atoms with E-state index in [0.717, 1.165) is 5.69 Å². The molecule has 0 saturated heterocycles. The maximum absolute atomic E-state index is 13.1. The summed E-state index contributed by atoms with van der Waals surface area (Å²) < 4.78 is 13.1. The Morgan fingerprint density at radius 3 is 2.55 bits per heavy atom. The number of benzene rings is 2. The van der Waals surface area contributed by atoms with E-state index < -0.39 is 0 Å². The van der Waals surface area contributed by atoms with Gasteiger partial charge in [0.2, 0.25) is 0 Å². The first-order chi connectivity index (χ1) is 9.81. The van der Waals surface area contributed by atoms with Crippen LogP contribution in [0.3, 0.4) is 0 Å². The van der Waals surface area contributed by atoms with Gasteiger partial charge in [0.25, 0.3) is 0 Å². The largest absolute Gasteiger partial charge is 0.380 e. The average molecular weight is 283 g/mol. The van der Waals surface area contributed by atoms with Gasteiger partial charge in [0, 0.05) is 22.0 Å². The van der Waals surface area contributed by atoms with Crippen LogP contribution in [0.15, 0.2) is 66.7 Å². The summed E-state index contributed by atoms with van der Waals surface area (Å²) in [5.74, 6) is -0.217. The maximum atomic E-state index is 13.1. The molecule has 1 heterocycles. The lowest BCUT2D eigenvalue weighted by Gasteiger charge is -2.04. The number of rotatable bonds is 4. The molecule has 0 aliphatic heterocycles. The van der Waals surface area contributed by atoms with Gasteiger partial charge < -0.3 is 5.32 Å². The Balaban J connectivity index is 1.69.